The molecule has 1 atom stereocenters. The molecule has 2 fully saturated rings. The molecule has 0 radical (unpaired) electrons. The highest BCUT2D eigenvalue weighted by Crippen LogP contribution is 2.36. The Morgan fingerprint density at radius 2 is 1.80 bits per heavy atom. The molecule has 20 heavy (non-hydrogen) atoms. The van der Waals surface area contributed by atoms with Crippen molar-refractivity contribution in [2.75, 3.05) is 26.3 Å². The summed E-state index contributed by atoms with van der Waals surface area (Å²) in [5.41, 5.74) is 3.26. The van der Waals surface area contributed by atoms with Gasteiger partial charge in [0.05, 0.1) is 13.2 Å². The first-order valence-corrected chi connectivity index (χ1v) is 8.38. The lowest BCUT2D eigenvalue weighted by atomic mass is 9.72. The van der Waals surface area contributed by atoms with E-state index in [1.165, 1.54) is 32.1 Å². The number of nitrogens with one attached hydrogen (secondary N) is 1. The number of nitrogens with two attached hydrogens (primary N) is 1. The molecule has 1 saturated heterocycles. The maximum absolute atomic E-state index is 5.96. The lowest BCUT2D eigenvalue weighted by Crippen LogP contribution is -2.64. The molecule has 0 spiro atoms. The van der Waals surface area contributed by atoms with Crippen LogP contribution in [0.5, 0.6) is 0 Å². The predicted molar refractivity (Wildman–Crippen MR) is 83.3 cm³/mol. The van der Waals surface area contributed by atoms with Gasteiger partial charge < -0.3 is 4.74 Å². The standard InChI is InChI=1S/C16H33N3O/c1-4-13-5-7-14(8-6-13)15(18-17)16(2,3)19-9-11-20-12-10-19/h13-15,18H,4-12,17H2,1-3H3. The Balaban J connectivity index is 1.99. The zero-order valence-electron chi connectivity index (χ0n) is 13.5. The Kier molecular flexibility index (Phi) is 5.84. The number of hydrazine groups is 1. The summed E-state index contributed by atoms with van der Waals surface area (Å²) < 4.78 is 5.49. The van der Waals surface area contributed by atoms with Crippen molar-refractivity contribution in [1.29, 1.82) is 0 Å². The minimum absolute atomic E-state index is 0.0995. The van der Waals surface area contributed by atoms with Gasteiger partial charge in [0.15, 0.2) is 0 Å². The fraction of sp³-hybridized carbons (Fsp3) is 1.00. The molecule has 2 aliphatic rings. The highest BCUT2D eigenvalue weighted by atomic mass is 16.5. The summed E-state index contributed by atoms with van der Waals surface area (Å²) in [6.45, 7) is 10.8. The highest BCUT2D eigenvalue weighted by Gasteiger charge is 2.40. The van der Waals surface area contributed by atoms with Crippen molar-refractivity contribution < 1.29 is 4.74 Å². The second kappa shape index (κ2) is 7.21. The number of ether oxygens (including phenoxy) is 1. The second-order valence-corrected chi connectivity index (χ2v) is 7.09. The largest absolute Gasteiger partial charge is 0.379 e. The van der Waals surface area contributed by atoms with E-state index in [1.807, 2.05) is 0 Å². The van der Waals surface area contributed by atoms with Crippen LogP contribution in [0.1, 0.15) is 52.9 Å². The van der Waals surface area contributed by atoms with E-state index in [1.54, 1.807) is 0 Å². The smallest absolute Gasteiger partial charge is 0.0594 e. The molecule has 0 amide bonds. The number of hydrogen-bond acceptors (Lipinski definition) is 4. The third kappa shape index (κ3) is 3.53. The maximum Gasteiger partial charge on any atom is 0.0594 e. The van der Waals surface area contributed by atoms with Crippen LogP contribution in [-0.2, 0) is 4.74 Å². The molecule has 1 saturated carbocycles. The first-order valence-electron chi connectivity index (χ1n) is 8.38. The Morgan fingerprint density at radius 3 is 2.30 bits per heavy atom. The molecular weight excluding hydrogens is 250 g/mol. The van der Waals surface area contributed by atoms with E-state index in [0.717, 1.165) is 32.2 Å². The van der Waals surface area contributed by atoms with Crippen LogP contribution in [0.25, 0.3) is 0 Å². The Hall–Kier alpha value is -0.160. The monoisotopic (exact) mass is 283 g/mol. The maximum atomic E-state index is 5.96. The molecule has 0 aromatic carbocycles. The molecule has 1 aliphatic heterocycles. The van der Waals surface area contributed by atoms with E-state index in [-0.39, 0.29) is 5.54 Å². The molecular formula is C16H33N3O. The molecule has 3 N–H and O–H groups in total. The number of rotatable bonds is 5. The van der Waals surface area contributed by atoms with Gasteiger partial charge in [-0.25, -0.2) is 0 Å². The molecule has 1 unspecified atom stereocenters. The van der Waals surface area contributed by atoms with Gasteiger partial charge in [0, 0.05) is 24.7 Å². The van der Waals surface area contributed by atoms with Crippen molar-refractivity contribution in [1.82, 2.24) is 10.3 Å². The molecule has 1 heterocycles. The summed E-state index contributed by atoms with van der Waals surface area (Å²) >= 11 is 0. The molecule has 0 aromatic heterocycles. The first kappa shape index (κ1) is 16.2. The van der Waals surface area contributed by atoms with E-state index in [4.69, 9.17) is 10.6 Å². The van der Waals surface area contributed by atoms with Crippen LogP contribution in [0.15, 0.2) is 0 Å². The first-order chi connectivity index (χ1) is 9.59. The van der Waals surface area contributed by atoms with E-state index < -0.39 is 0 Å². The van der Waals surface area contributed by atoms with Crippen LogP contribution in [0, 0.1) is 11.8 Å². The third-order valence-corrected chi connectivity index (χ3v) is 5.71. The zero-order valence-corrected chi connectivity index (χ0v) is 13.5. The Morgan fingerprint density at radius 1 is 1.20 bits per heavy atom. The number of hydrogen-bond donors (Lipinski definition) is 2. The van der Waals surface area contributed by atoms with Crippen molar-refractivity contribution in [3.05, 3.63) is 0 Å². The summed E-state index contributed by atoms with van der Waals surface area (Å²) in [7, 11) is 0. The van der Waals surface area contributed by atoms with Gasteiger partial charge >= 0.3 is 0 Å². The molecule has 1 aliphatic carbocycles. The SMILES string of the molecule is CCC1CCC(C(NN)C(C)(C)N2CCOCC2)CC1. The average molecular weight is 283 g/mol. The molecule has 118 valence electrons. The molecule has 4 heteroatoms. The molecule has 0 aromatic rings. The van der Waals surface area contributed by atoms with Crippen molar-refractivity contribution >= 4 is 0 Å². The molecule has 0 bridgehead atoms. The lowest BCUT2D eigenvalue weighted by Gasteiger charge is -2.49. The van der Waals surface area contributed by atoms with Crippen LogP contribution in [0.4, 0.5) is 0 Å². The molecule has 2 rings (SSSR count). The van der Waals surface area contributed by atoms with Gasteiger partial charge in [0.25, 0.3) is 0 Å². The van der Waals surface area contributed by atoms with E-state index in [2.05, 4.69) is 31.1 Å². The minimum Gasteiger partial charge on any atom is -0.379 e. The fourth-order valence-electron chi connectivity index (χ4n) is 4.18. The van der Waals surface area contributed by atoms with Crippen molar-refractivity contribution in [2.45, 2.75) is 64.5 Å². The van der Waals surface area contributed by atoms with E-state index in [9.17, 15) is 0 Å². The van der Waals surface area contributed by atoms with Crippen LogP contribution >= 0.6 is 0 Å². The second-order valence-electron chi connectivity index (χ2n) is 7.09. The summed E-state index contributed by atoms with van der Waals surface area (Å²) in [6, 6.07) is 0.374. The zero-order chi connectivity index (χ0) is 14.6. The van der Waals surface area contributed by atoms with Gasteiger partial charge in [-0.15, -0.1) is 0 Å². The van der Waals surface area contributed by atoms with Crippen LogP contribution in [0.3, 0.4) is 0 Å². The average Bonchev–Trinajstić information content (AvgIpc) is 2.49. The van der Waals surface area contributed by atoms with Gasteiger partial charge in [-0.05, 0) is 38.5 Å². The summed E-state index contributed by atoms with van der Waals surface area (Å²) in [6.07, 6.45) is 6.72. The normalized spacial score (nSPS) is 31.2. The number of nitrogens with zero attached hydrogens (tertiary/aromatic N) is 1. The summed E-state index contributed by atoms with van der Waals surface area (Å²) in [5.74, 6) is 7.61. The van der Waals surface area contributed by atoms with Gasteiger partial charge in [0.1, 0.15) is 0 Å². The Bertz CT molecular complexity index is 281. The van der Waals surface area contributed by atoms with E-state index >= 15 is 0 Å². The van der Waals surface area contributed by atoms with Crippen molar-refractivity contribution in [3.8, 4) is 0 Å². The summed E-state index contributed by atoms with van der Waals surface area (Å²) in [5, 5.41) is 0. The predicted octanol–water partition coefficient (Wildman–Crippen LogP) is 2.15. The van der Waals surface area contributed by atoms with Gasteiger partial charge in [-0.3, -0.25) is 16.2 Å². The van der Waals surface area contributed by atoms with Crippen molar-refractivity contribution in [2.24, 2.45) is 17.7 Å². The Labute approximate surface area is 124 Å². The van der Waals surface area contributed by atoms with Crippen LogP contribution in [0.2, 0.25) is 0 Å². The quantitative estimate of drug-likeness (QED) is 0.599. The summed E-state index contributed by atoms with van der Waals surface area (Å²) in [4.78, 5) is 2.55. The minimum atomic E-state index is 0.0995. The fourth-order valence-corrected chi connectivity index (χ4v) is 4.18. The van der Waals surface area contributed by atoms with Crippen LogP contribution in [-0.4, -0.2) is 42.8 Å². The lowest BCUT2D eigenvalue weighted by molar-refractivity contribution is -0.0355. The van der Waals surface area contributed by atoms with E-state index in [0.29, 0.717) is 12.0 Å². The van der Waals surface area contributed by atoms with Crippen molar-refractivity contribution in [3.63, 3.8) is 0 Å². The van der Waals surface area contributed by atoms with Gasteiger partial charge in [0.2, 0.25) is 0 Å². The highest BCUT2D eigenvalue weighted by molar-refractivity contribution is 4.98. The molecule has 4 nitrogen and oxygen atoms in total. The third-order valence-electron chi connectivity index (χ3n) is 5.71. The number of morpholine rings is 1. The van der Waals surface area contributed by atoms with Gasteiger partial charge in [-0.2, -0.15) is 0 Å². The van der Waals surface area contributed by atoms with Gasteiger partial charge in [-0.1, -0.05) is 26.2 Å². The van der Waals surface area contributed by atoms with Crippen LogP contribution < -0.4 is 11.3 Å². The topological polar surface area (TPSA) is 50.5 Å².